The molecule has 1 aliphatic rings. The van der Waals surface area contributed by atoms with Crippen LogP contribution in [0.2, 0.25) is 0 Å². The third kappa shape index (κ3) is 2.73. The standard InChI is InChI=1S/C15H22N2O2/c1-10(2)12-6-4-5-7-13(12)17-8-11(3)16-15(19)14(17)9-18/h4-7,10-11,14,18H,8-9H2,1-3H3,(H,16,19). The van der Waals surface area contributed by atoms with Crippen molar-refractivity contribution in [2.24, 2.45) is 0 Å². The molecular formula is C15H22N2O2. The zero-order valence-electron chi connectivity index (χ0n) is 11.8. The van der Waals surface area contributed by atoms with E-state index in [-0.39, 0.29) is 18.6 Å². The maximum absolute atomic E-state index is 12.0. The molecule has 0 saturated carbocycles. The Hall–Kier alpha value is -1.55. The van der Waals surface area contributed by atoms with E-state index in [1.807, 2.05) is 30.0 Å². The molecule has 0 aliphatic carbocycles. The maximum atomic E-state index is 12.0. The summed E-state index contributed by atoms with van der Waals surface area (Å²) in [6, 6.07) is 7.72. The largest absolute Gasteiger partial charge is 0.394 e. The van der Waals surface area contributed by atoms with Crippen molar-refractivity contribution >= 4 is 11.6 Å². The Kier molecular flexibility index (Phi) is 4.10. The van der Waals surface area contributed by atoms with E-state index < -0.39 is 6.04 Å². The Morgan fingerprint density at radius 3 is 2.74 bits per heavy atom. The molecule has 2 rings (SSSR count). The molecule has 4 heteroatoms. The lowest BCUT2D eigenvalue weighted by molar-refractivity contribution is -0.125. The molecule has 0 aromatic heterocycles. The minimum Gasteiger partial charge on any atom is -0.394 e. The topological polar surface area (TPSA) is 52.6 Å². The van der Waals surface area contributed by atoms with Crippen LogP contribution in [0.25, 0.3) is 0 Å². The summed E-state index contributed by atoms with van der Waals surface area (Å²) < 4.78 is 0. The van der Waals surface area contributed by atoms with Crippen LogP contribution in [0.15, 0.2) is 24.3 Å². The van der Waals surface area contributed by atoms with Crippen molar-refractivity contribution < 1.29 is 9.90 Å². The third-order valence-electron chi connectivity index (χ3n) is 3.58. The first-order valence-corrected chi connectivity index (χ1v) is 6.81. The van der Waals surface area contributed by atoms with Crippen LogP contribution in [0.3, 0.4) is 0 Å². The van der Waals surface area contributed by atoms with E-state index in [0.717, 1.165) is 12.2 Å². The summed E-state index contributed by atoms with van der Waals surface area (Å²) in [5.41, 5.74) is 2.26. The van der Waals surface area contributed by atoms with Crippen LogP contribution in [0, 0.1) is 0 Å². The number of aliphatic hydroxyl groups excluding tert-OH is 1. The third-order valence-corrected chi connectivity index (χ3v) is 3.58. The molecule has 104 valence electrons. The van der Waals surface area contributed by atoms with Gasteiger partial charge < -0.3 is 15.3 Å². The fourth-order valence-corrected chi connectivity index (χ4v) is 2.63. The number of benzene rings is 1. The molecule has 2 unspecified atom stereocenters. The van der Waals surface area contributed by atoms with E-state index in [1.54, 1.807) is 0 Å². The second-order valence-corrected chi connectivity index (χ2v) is 5.47. The second kappa shape index (κ2) is 5.61. The highest BCUT2D eigenvalue weighted by Gasteiger charge is 2.33. The number of anilines is 1. The molecule has 1 saturated heterocycles. The number of para-hydroxylation sites is 1. The predicted molar refractivity (Wildman–Crippen MR) is 76.4 cm³/mol. The van der Waals surface area contributed by atoms with Crippen LogP contribution in [-0.4, -0.2) is 36.2 Å². The van der Waals surface area contributed by atoms with Gasteiger partial charge in [0.15, 0.2) is 0 Å². The first-order chi connectivity index (χ1) is 9.04. The van der Waals surface area contributed by atoms with Gasteiger partial charge in [-0.2, -0.15) is 0 Å². The van der Waals surface area contributed by atoms with Gasteiger partial charge in [0, 0.05) is 18.3 Å². The summed E-state index contributed by atoms with van der Waals surface area (Å²) in [4.78, 5) is 14.0. The van der Waals surface area contributed by atoms with E-state index in [2.05, 4.69) is 25.2 Å². The molecule has 0 bridgehead atoms. The maximum Gasteiger partial charge on any atom is 0.245 e. The number of nitrogens with zero attached hydrogens (tertiary/aromatic N) is 1. The number of aliphatic hydroxyl groups is 1. The van der Waals surface area contributed by atoms with Gasteiger partial charge in [-0.3, -0.25) is 4.79 Å². The van der Waals surface area contributed by atoms with Crippen LogP contribution in [0.5, 0.6) is 0 Å². The smallest absolute Gasteiger partial charge is 0.245 e. The lowest BCUT2D eigenvalue weighted by atomic mass is 9.98. The first-order valence-electron chi connectivity index (χ1n) is 6.81. The normalized spacial score (nSPS) is 23.6. The summed E-state index contributed by atoms with van der Waals surface area (Å²) in [6.07, 6.45) is 0. The van der Waals surface area contributed by atoms with Crippen LogP contribution < -0.4 is 10.2 Å². The van der Waals surface area contributed by atoms with Crippen molar-refractivity contribution in [3.63, 3.8) is 0 Å². The van der Waals surface area contributed by atoms with Gasteiger partial charge in [-0.1, -0.05) is 32.0 Å². The number of amides is 1. The van der Waals surface area contributed by atoms with E-state index in [4.69, 9.17) is 0 Å². The number of rotatable bonds is 3. The zero-order chi connectivity index (χ0) is 14.0. The van der Waals surface area contributed by atoms with Crippen molar-refractivity contribution in [2.45, 2.75) is 38.8 Å². The molecule has 1 amide bonds. The van der Waals surface area contributed by atoms with Gasteiger partial charge >= 0.3 is 0 Å². The molecule has 0 spiro atoms. The summed E-state index contributed by atoms with van der Waals surface area (Å²) in [5, 5.41) is 12.4. The highest BCUT2D eigenvalue weighted by molar-refractivity contribution is 5.87. The van der Waals surface area contributed by atoms with Crippen LogP contribution in [0.4, 0.5) is 5.69 Å². The van der Waals surface area contributed by atoms with E-state index >= 15 is 0 Å². The molecule has 2 N–H and O–H groups in total. The molecule has 1 aromatic carbocycles. The average Bonchev–Trinajstić information content (AvgIpc) is 2.37. The number of hydrogen-bond acceptors (Lipinski definition) is 3. The van der Waals surface area contributed by atoms with E-state index in [9.17, 15) is 9.90 Å². The summed E-state index contributed by atoms with van der Waals surface area (Å²) in [6.45, 7) is 6.82. The van der Waals surface area contributed by atoms with E-state index in [0.29, 0.717) is 5.92 Å². The Morgan fingerprint density at radius 1 is 1.42 bits per heavy atom. The first kappa shape index (κ1) is 13.9. The minimum absolute atomic E-state index is 0.0931. The van der Waals surface area contributed by atoms with Gasteiger partial charge in [0.1, 0.15) is 6.04 Å². The molecule has 1 heterocycles. The summed E-state index contributed by atoms with van der Waals surface area (Å²) in [7, 11) is 0. The number of carbonyl (C=O) groups excluding carboxylic acids is 1. The minimum atomic E-state index is -0.490. The van der Waals surface area contributed by atoms with Crippen molar-refractivity contribution in [2.75, 3.05) is 18.1 Å². The van der Waals surface area contributed by atoms with Crippen molar-refractivity contribution in [3.8, 4) is 0 Å². The Bertz CT molecular complexity index is 459. The van der Waals surface area contributed by atoms with Crippen LogP contribution in [-0.2, 0) is 4.79 Å². The number of carbonyl (C=O) groups is 1. The zero-order valence-corrected chi connectivity index (χ0v) is 11.8. The number of nitrogens with one attached hydrogen (secondary N) is 1. The fraction of sp³-hybridized carbons (Fsp3) is 0.533. The van der Waals surface area contributed by atoms with Gasteiger partial charge in [0.25, 0.3) is 0 Å². The Balaban J connectivity index is 2.40. The highest BCUT2D eigenvalue weighted by atomic mass is 16.3. The number of piperazine rings is 1. The van der Waals surface area contributed by atoms with Crippen LogP contribution in [0.1, 0.15) is 32.3 Å². The van der Waals surface area contributed by atoms with Crippen molar-refractivity contribution in [1.29, 1.82) is 0 Å². The molecule has 1 aromatic rings. The Labute approximate surface area is 114 Å². The summed E-state index contributed by atoms with van der Waals surface area (Å²) >= 11 is 0. The van der Waals surface area contributed by atoms with E-state index in [1.165, 1.54) is 5.56 Å². The molecule has 1 fully saturated rings. The predicted octanol–water partition coefficient (Wildman–Crippen LogP) is 1.50. The highest BCUT2D eigenvalue weighted by Crippen LogP contribution is 2.29. The van der Waals surface area contributed by atoms with Gasteiger partial charge in [-0.25, -0.2) is 0 Å². The monoisotopic (exact) mass is 262 g/mol. The molecule has 19 heavy (non-hydrogen) atoms. The Morgan fingerprint density at radius 2 is 2.11 bits per heavy atom. The quantitative estimate of drug-likeness (QED) is 0.868. The second-order valence-electron chi connectivity index (χ2n) is 5.47. The fourth-order valence-electron chi connectivity index (χ4n) is 2.63. The molecule has 1 aliphatic heterocycles. The van der Waals surface area contributed by atoms with Gasteiger partial charge in [0.2, 0.25) is 5.91 Å². The molecular weight excluding hydrogens is 240 g/mol. The summed E-state index contributed by atoms with van der Waals surface area (Å²) in [5.74, 6) is 0.288. The lowest BCUT2D eigenvalue weighted by Crippen LogP contribution is -2.60. The van der Waals surface area contributed by atoms with Crippen molar-refractivity contribution in [3.05, 3.63) is 29.8 Å². The number of hydrogen-bond donors (Lipinski definition) is 2. The molecule has 2 atom stereocenters. The average molecular weight is 262 g/mol. The lowest BCUT2D eigenvalue weighted by Gasteiger charge is -2.40. The van der Waals surface area contributed by atoms with Gasteiger partial charge in [0.05, 0.1) is 6.61 Å². The van der Waals surface area contributed by atoms with Crippen LogP contribution >= 0.6 is 0 Å². The SMILES string of the molecule is CC1CN(c2ccccc2C(C)C)C(CO)C(=O)N1. The van der Waals surface area contributed by atoms with Gasteiger partial charge in [-0.15, -0.1) is 0 Å². The van der Waals surface area contributed by atoms with Gasteiger partial charge in [-0.05, 0) is 24.5 Å². The van der Waals surface area contributed by atoms with Crippen molar-refractivity contribution in [1.82, 2.24) is 5.32 Å². The molecule has 4 nitrogen and oxygen atoms in total. The molecule has 0 radical (unpaired) electrons.